The van der Waals surface area contributed by atoms with Gasteiger partial charge in [0.2, 0.25) is 0 Å². The molecule has 0 spiro atoms. The van der Waals surface area contributed by atoms with Gasteiger partial charge in [-0.3, -0.25) is 0 Å². The van der Waals surface area contributed by atoms with Gasteiger partial charge in [0.15, 0.2) is 0 Å². The summed E-state index contributed by atoms with van der Waals surface area (Å²) in [5, 5.41) is 23.3. The van der Waals surface area contributed by atoms with E-state index in [-0.39, 0.29) is 7.43 Å². The quantitative estimate of drug-likeness (QED) is 0.0311. The summed E-state index contributed by atoms with van der Waals surface area (Å²) in [6, 6.07) is 79.3. The Morgan fingerprint density at radius 1 is 0.295 bits per heavy atom. The van der Waals surface area contributed by atoms with E-state index in [0.717, 1.165) is 73.4 Å². The molecule has 0 fully saturated rings. The Labute approximate surface area is 909 Å². The van der Waals surface area contributed by atoms with Gasteiger partial charge in [0.05, 0.1) is 31.0 Å². The minimum Gasteiger partial charge on any atom is -0.172 e. The summed E-state index contributed by atoms with van der Waals surface area (Å²) in [4.78, 5) is 33.1. The first kappa shape index (κ1) is 104. The van der Waals surface area contributed by atoms with Gasteiger partial charge in [-0.05, 0) is 229 Å². The molecule has 0 amide bonds. The monoisotopic (exact) mass is 2520 g/mol. The molecular formula is C117H128Br4N4S10Si2Sn2. The largest absolute Gasteiger partial charge is 0.172 e. The Balaban J connectivity index is 0.000000141. The summed E-state index contributed by atoms with van der Waals surface area (Å²) >= 11 is 28.6. The molecule has 4 unspecified atom stereocenters. The Kier molecular flexibility index (Phi) is 33.4. The van der Waals surface area contributed by atoms with Crippen LogP contribution in [0.25, 0.3) is 168 Å². The van der Waals surface area contributed by atoms with E-state index >= 15 is 0 Å². The summed E-state index contributed by atoms with van der Waals surface area (Å²) in [7, 11) is -3.77. The maximum atomic E-state index is 4.98. The number of thiophene rings is 8. The third-order valence-electron chi connectivity index (χ3n) is 29.9. The first-order valence-corrected chi connectivity index (χ1v) is 86.1. The molecule has 4 nitrogen and oxygen atoms in total. The second kappa shape index (κ2) is 44.5. The van der Waals surface area contributed by atoms with Crippen LogP contribution in [0.3, 0.4) is 0 Å². The Hall–Kier alpha value is -4.53. The summed E-state index contributed by atoms with van der Waals surface area (Å²) < 4.78 is 27.2. The molecular weight excluding hydrogens is 2400 g/mol. The van der Waals surface area contributed by atoms with Crippen molar-refractivity contribution in [3.05, 3.63) is 221 Å². The van der Waals surface area contributed by atoms with Crippen molar-refractivity contribution in [1.82, 2.24) is 17.5 Å². The molecule has 0 N–H and O–H groups in total. The summed E-state index contributed by atoms with van der Waals surface area (Å²) in [6.07, 6.45) is 21.8. The zero-order valence-corrected chi connectivity index (χ0v) is 105. The van der Waals surface area contributed by atoms with Crippen molar-refractivity contribution in [2.75, 3.05) is 0 Å². The minimum atomic E-state index is -2.12. The van der Waals surface area contributed by atoms with Crippen LogP contribution in [0.1, 0.15) is 176 Å². The standard InChI is InChI=1S/C56H56N2S5Si.C24H36S2Si.C16H8Br2.C14H6Br2N2S3.CH4.6CH3.2Sn/c1-7-11-13-35(9-3)31-64(32-36(10-4)14-12-8-2)49-29-34(6)59-55(49)56-50(64)30-48(62-56)47-28-27-46(61-47)43-24-23-42(53-54(43)58-63-57-53)45-26-25-44(60-45)40-21-18-38-17-20-39-33(5)15-16-37-19-22-41(40)52(38)51(37)39;1-5-9-11-19(7-3)17-27(18-20(8-4)12-10-6-2)21-13-15-25-23(21)24-22(27)14-16-26-24;17-13-8-4-10-2-6-12-14(18)7-3-9-1-5-11(13)16(10)15(9)12;15-11-5-3-9(19-11)7-1-2-8(10-4-6-12(16)20-10)14-13(7)17-21-18-14;;;;;;;;;/h15-30,35-36H,7-14,31-32H2,1-6H3;13-14,19-20H,5-12,17-18H2,1-4H3;1-8H;1-6H;1H4;6*1H3;;. The van der Waals surface area contributed by atoms with Crippen LogP contribution in [0.5, 0.6) is 0 Å². The molecule has 10 aromatic carbocycles. The van der Waals surface area contributed by atoms with Crippen LogP contribution in [0.2, 0.25) is 53.8 Å². The number of halogens is 4. The van der Waals surface area contributed by atoms with Crippen molar-refractivity contribution in [3.8, 4) is 81.5 Å². The van der Waals surface area contributed by atoms with Crippen LogP contribution in [-0.4, -0.2) is 70.4 Å². The fraction of sp³-hybridized carbons (Fsp3) is 0.350. The van der Waals surface area contributed by atoms with E-state index in [1.165, 1.54) is 276 Å². The predicted octanol–water partition coefficient (Wildman–Crippen LogP) is 40.4. The smallest absolute Gasteiger partial charge is 0.122 e. The zero-order chi connectivity index (χ0) is 96.4. The van der Waals surface area contributed by atoms with Crippen LogP contribution in [0.15, 0.2) is 211 Å². The second-order valence-electron chi connectivity index (χ2n) is 41.0. The van der Waals surface area contributed by atoms with E-state index in [2.05, 4.69) is 411 Å². The van der Waals surface area contributed by atoms with Crippen molar-refractivity contribution in [2.45, 2.75) is 233 Å². The van der Waals surface area contributed by atoms with Crippen LogP contribution in [-0.2, 0) is 0 Å². The van der Waals surface area contributed by atoms with E-state index in [4.69, 9.17) is 8.75 Å². The molecule has 22 heteroatoms. The summed E-state index contributed by atoms with van der Waals surface area (Å²) in [5.74, 6) is 3.43. The SMILES string of the molecule is Brc1ccc(-c2ccc(-c3ccc(Br)s3)c3nsnc23)s1.Brc1ccc2ccc3c(Br)ccc4ccc1c2c43.C.CCCCC(CC)C[Si]1(CC(CC)CCCC)c2c[c]([Sn]([CH3])([CH3])[CH3])sc2-c2s[c]([Sn]([CH3])([CH3])[CH3])cc21.CCCCC(CC)C[Si]1(CC(CC)CCCC)c2cc(C)sc2-c2sc(-c3ccc(-c4ccc(-c5ccc(-c6ccc7ccc8c(C)ccc9ccc6c7c98)s5)c5nsnc45)s3)cc21. The topological polar surface area (TPSA) is 51.6 Å². The molecule has 2 aliphatic rings. The van der Waals surface area contributed by atoms with Crippen LogP contribution < -0.4 is 26.5 Å². The Bertz CT molecular complexity index is 7500. The van der Waals surface area contributed by atoms with Gasteiger partial charge >= 0.3 is 238 Å². The normalized spacial score (nSPS) is 14.8. The van der Waals surface area contributed by atoms with Gasteiger partial charge in [-0.1, -0.05) is 228 Å². The van der Waals surface area contributed by atoms with Gasteiger partial charge < -0.3 is 0 Å². The second-order valence-corrected chi connectivity index (χ2v) is 94.2. The molecule has 22 rings (SSSR count). The summed E-state index contributed by atoms with van der Waals surface area (Å²) in [5.41, 5.74) is 11.3. The average Bonchev–Trinajstić information content (AvgIpc) is 1.54. The van der Waals surface area contributed by atoms with Crippen LogP contribution >= 0.6 is 178 Å². The molecule has 4 atom stereocenters. The number of fused-ring (bicyclic) bond motifs is 8. The van der Waals surface area contributed by atoms with Gasteiger partial charge in [-0.2, -0.15) is 17.5 Å². The van der Waals surface area contributed by atoms with Crippen molar-refractivity contribution >= 4 is 344 Å². The molecule has 10 aromatic heterocycles. The molecule has 0 saturated carbocycles. The first-order chi connectivity index (χ1) is 66.7. The van der Waals surface area contributed by atoms with E-state index in [1.807, 2.05) is 38.8 Å². The third kappa shape index (κ3) is 20.7. The fourth-order valence-electron chi connectivity index (χ4n) is 22.3. The third-order valence-corrected chi connectivity index (χ3v) is 73.3. The van der Waals surface area contributed by atoms with E-state index in [1.54, 1.807) is 52.6 Å². The van der Waals surface area contributed by atoms with Crippen molar-refractivity contribution in [1.29, 1.82) is 0 Å². The van der Waals surface area contributed by atoms with Gasteiger partial charge in [0.25, 0.3) is 0 Å². The number of nitrogens with zero attached hydrogens (tertiary/aromatic N) is 4. The average molecular weight is 2520 g/mol. The van der Waals surface area contributed by atoms with Gasteiger partial charge in [-0.25, -0.2) is 0 Å². The molecule has 0 radical (unpaired) electrons. The number of hydrogen-bond donors (Lipinski definition) is 0. The number of benzene rings is 10. The first-order valence-electron chi connectivity index (χ1n) is 50.2. The maximum absolute atomic E-state index is 4.98. The summed E-state index contributed by atoms with van der Waals surface area (Å²) in [6.45, 7) is 24.0. The number of hydrogen-bond acceptors (Lipinski definition) is 14. The zero-order valence-electron chi connectivity index (χ0n) is 82.3. The van der Waals surface area contributed by atoms with Crippen LogP contribution in [0, 0.1) is 37.5 Å². The van der Waals surface area contributed by atoms with Crippen molar-refractivity contribution in [3.63, 3.8) is 0 Å². The van der Waals surface area contributed by atoms with E-state index in [0.29, 0.717) is 0 Å². The van der Waals surface area contributed by atoms with Gasteiger partial charge in [0, 0.05) is 80.0 Å². The Morgan fingerprint density at radius 3 is 1.00 bits per heavy atom. The predicted molar refractivity (Wildman–Crippen MR) is 657 cm³/mol. The Morgan fingerprint density at radius 2 is 0.604 bits per heavy atom. The molecule has 2 aliphatic heterocycles. The molecule has 0 saturated heterocycles. The molecule has 0 bridgehead atoms. The van der Waals surface area contributed by atoms with Gasteiger partial charge in [-0.15, -0.1) is 68.0 Å². The molecule has 12 heterocycles. The number of unbranched alkanes of at least 4 members (excludes halogenated alkanes) is 4. The molecule has 720 valence electrons. The fourth-order valence-corrected chi connectivity index (χ4v) is 61.4. The van der Waals surface area contributed by atoms with Crippen LogP contribution in [0.4, 0.5) is 0 Å². The maximum Gasteiger partial charge on any atom is 0.122 e. The molecule has 0 aliphatic carbocycles. The number of rotatable bonds is 32. The van der Waals surface area contributed by atoms with Gasteiger partial charge in [0.1, 0.15) is 30.1 Å². The number of aryl methyl sites for hydroxylation is 2. The van der Waals surface area contributed by atoms with E-state index in [9.17, 15) is 0 Å². The van der Waals surface area contributed by atoms with Crippen molar-refractivity contribution in [2.24, 2.45) is 23.7 Å². The molecule has 139 heavy (non-hydrogen) atoms. The minimum absolute atomic E-state index is 0. The number of aromatic nitrogens is 4. The van der Waals surface area contributed by atoms with E-state index < -0.39 is 52.9 Å². The molecule has 20 aromatic rings. The van der Waals surface area contributed by atoms with Crippen molar-refractivity contribution < 1.29 is 0 Å².